The molecular weight excluding hydrogens is 308 g/mol. The van der Waals surface area contributed by atoms with Gasteiger partial charge in [-0.3, -0.25) is 9.69 Å². The number of piperidine rings is 1. The van der Waals surface area contributed by atoms with Crippen LogP contribution in [0, 0.1) is 5.41 Å². The molecular formula is C17H24N4O3. The lowest BCUT2D eigenvalue weighted by Gasteiger charge is -2.39. The number of anilines is 1. The normalized spacial score (nSPS) is 23.5. The number of nitrogens with zero attached hydrogens (tertiary/aromatic N) is 3. The van der Waals surface area contributed by atoms with Gasteiger partial charge in [0.05, 0.1) is 0 Å². The number of aliphatic carboxylic acids is 1. The van der Waals surface area contributed by atoms with E-state index in [1.165, 1.54) is 11.8 Å². The molecule has 3 N–H and O–H groups in total. The summed E-state index contributed by atoms with van der Waals surface area (Å²) in [6, 6.07) is 3.19. The van der Waals surface area contributed by atoms with Crippen molar-refractivity contribution in [1.29, 1.82) is 0 Å². The summed E-state index contributed by atoms with van der Waals surface area (Å²) in [4.78, 5) is 31.2. The molecule has 3 heterocycles. The Morgan fingerprint density at radius 1 is 1.42 bits per heavy atom. The molecule has 2 aliphatic heterocycles. The molecule has 7 nitrogen and oxygen atoms in total. The largest absolute Gasteiger partial charge is 0.480 e. The Balaban J connectivity index is 1.63. The van der Waals surface area contributed by atoms with Gasteiger partial charge in [0.15, 0.2) is 0 Å². The summed E-state index contributed by atoms with van der Waals surface area (Å²) in [7, 11) is 0. The number of nitrogens with two attached hydrogens (primary N) is 1. The number of nitrogen functional groups attached to an aromatic ring is 1. The van der Waals surface area contributed by atoms with Crippen LogP contribution in [0.5, 0.6) is 0 Å². The second-order valence-corrected chi connectivity index (χ2v) is 7.03. The van der Waals surface area contributed by atoms with E-state index in [1.54, 1.807) is 6.20 Å². The average molecular weight is 332 g/mol. The maximum atomic E-state index is 11.8. The highest BCUT2D eigenvalue weighted by atomic mass is 16.4. The van der Waals surface area contributed by atoms with Crippen LogP contribution in [-0.2, 0) is 16.1 Å². The van der Waals surface area contributed by atoms with Gasteiger partial charge in [-0.1, -0.05) is 6.07 Å². The molecule has 0 aliphatic carbocycles. The SMILES string of the molecule is CC(=O)N1CC2(CCN(Cc3cccnc3N)CC2)C[C@H]1C(=O)O. The highest BCUT2D eigenvalue weighted by molar-refractivity contribution is 5.83. The van der Waals surface area contributed by atoms with Crippen LogP contribution in [0.1, 0.15) is 31.7 Å². The lowest BCUT2D eigenvalue weighted by molar-refractivity contribution is -0.147. The van der Waals surface area contributed by atoms with Crippen LogP contribution in [0.2, 0.25) is 0 Å². The van der Waals surface area contributed by atoms with Gasteiger partial charge in [-0.15, -0.1) is 0 Å². The molecule has 0 unspecified atom stereocenters. The van der Waals surface area contributed by atoms with E-state index in [4.69, 9.17) is 5.73 Å². The maximum Gasteiger partial charge on any atom is 0.326 e. The monoisotopic (exact) mass is 332 g/mol. The summed E-state index contributed by atoms with van der Waals surface area (Å²) in [5.74, 6) is -0.482. The summed E-state index contributed by atoms with van der Waals surface area (Å²) < 4.78 is 0. The van der Waals surface area contributed by atoms with E-state index in [-0.39, 0.29) is 11.3 Å². The lowest BCUT2D eigenvalue weighted by Crippen LogP contribution is -2.42. The standard InChI is InChI=1S/C17H24N4O3/c1-12(22)21-11-17(9-14(21)16(23)24)4-7-20(8-5-17)10-13-3-2-6-19-15(13)18/h2-3,6,14H,4-5,7-11H2,1H3,(H2,18,19)(H,23,24)/t14-/m0/s1. The first-order valence-corrected chi connectivity index (χ1v) is 8.32. The Bertz CT molecular complexity index is 616. The van der Waals surface area contributed by atoms with Gasteiger partial charge < -0.3 is 15.7 Å². The predicted molar refractivity (Wildman–Crippen MR) is 89.0 cm³/mol. The smallest absolute Gasteiger partial charge is 0.326 e. The Hall–Kier alpha value is -2.15. The van der Waals surface area contributed by atoms with Gasteiger partial charge in [-0.25, -0.2) is 9.78 Å². The molecule has 24 heavy (non-hydrogen) atoms. The number of carbonyl (C=O) groups excluding carboxylic acids is 1. The predicted octanol–water partition coefficient (Wildman–Crippen LogP) is 0.951. The Morgan fingerprint density at radius 3 is 2.67 bits per heavy atom. The van der Waals surface area contributed by atoms with Crippen molar-refractivity contribution in [3.63, 3.8) is 0 Å². The number of carbonyl (C=O) groups is 2. The number of hydrogen-bond acceptors (Lipinski definition) is 5. The van der Waals surface area contributed by atoms with E-state index in [0.29, 0.717) is 18.8 Å². The molecule has 1 spiro atoms. The van der Waals surface area contributed by atoms with Crippen molar-refractivity contribution in [3.05, 3.63) is 23.9 Å². The van der Waals surface area contributed by atoms with E-state index >= 15 is 0 Å². The maximum absolute atomic E-state index is 11.8. The summed E-state index contributed by atoms with van der Waals surface area (Å²) in [6.45, 7) is 4.53. The fourth-order valence-corrected chi connectivity index (χ4v) is 3.98. The molecule has 0 aromatic carbocycles. The highest BCUT2D eigenvalue weighted by Gasteiger charge is 2.49. The molecule has 1 aromatic heterocycles. The van der Waals surface area contributed by atoms with E-state index in [0.717, 1.165) is 38.0 Å². The second-order valence-electron chi connectivity index (χ2n) is 7.03. The molecule has 2 saturated heterocycles. The van der Waals surface area contributed by atoms with Crippen LogP contribution < -0.4 is 5.73 Å². The van der Waals surface area contributed by atoms with Crippen molar-refractivity contribution < 1.29 is 14.7 Å². The van der Waals surface area contributed by atoms with E-state index in [2.05, 4.69) is 9.88 Å². The van der Waals surface area contributed by atoms with Crippen molar-refractivity contribution in [1.82, 2.24) is 14.8 Å². The minimum absolute atomic E-state index is 0.0638. The van der Waals surface area contributed by atoms with Gasteiger partial charge in [0.2, 0.25) is 5.91 Å². The van der Waals surface area contributed by atoms with Crippen LogP contribution in [0.4, 0.5) is 5.82 Å². The fraction of sp³-hybridized carbons (Fsp3) is 0.588. The van der Waals surface area contributed by atoms with Gasteiger partial charge in [0, 0.05) is 31.8 Å². The first-order chi connectivity index (χ1) is 11.4. The molecule has 1 atom stereocenters. The van der Waals surface area contributed by atoms with Crippen LogP contribution in [0.15, 0.2) is 18.3 Å². The van der Waals surface area contributed by atoms with Gasteiger partial charge in [-0.2, -0.15) is 0 Å². The average Bonchev–Trinajstić information content (AvgIpc) is 2.92. The van der Waals surface area contributed by atoms with Crippen LogP contribution in [0.25, 0.3) is 0 Å². The van der Waals surface area contributed by atoms with E-state index < -0.39 is 12.0 Å². The third kappa shape index (κ3) is 3.21. The number of carboxylic acid groups (broad SMARTS) is 1. The molecule has 3 rings (SSSR count). The number of aromatic nitrogens is 1. The third-order valence-corrected chi connectivity index (χ3v) is 5.43. The van der Waals surface area contributed by atoms with Crippen molar-refractivity contribution in [2.75, 3.05) is 25.4 Å². The Labute approximate surface area is 141 Å². The van der Waals surface area contributed by atoms with Crippen molar-refractivity contribution in [3.8, 4) is 0 Å². The van der Waals surface area contributed by atoms with Gasteiger partial charge >= 0.3 is 5.97 Å². The molecule has 0 radical (unpaired) electrons. The first kappa shape index (κ1) is 16.7. The van der Waals surface area contributed by atoms with Crippen molar-refractivity contribution >= 4 is 17.7 Å². The quantitative estimate of drug-likeness (QED) is 0.855. The van der Waals surface area contributed by atoms with Crippen LogP contribution in [-0.4, -0.2) is 57.4 Å². The van der Waals surface area contributed by atoms with E-state index in [1.807, 2.05) is 12.1 Å². The lowest BCUT2D eigenvalue weighted by atomic mass is 9.76. The minimum Gasteiger partial charge on any atom is -0.480 e. The first-order valence-electron chi connectivity index (χ1n) is 8.32. The number of hydrogen-bond donors (Lipinski definition) is 2. The topological polar surface area (TPSA) is 99.8 Å². The second kappa shape index (κ2) is 6.39. The third-order valence-electron chi connectivity index (χ3n) is 5.43. The van der Waals surface area contributed by atoms with Crippen molar-refractivity contribution in [2.45, 2.75) is 38.8 Å². The van der Waals surface area contributed by atoms with Gasteiger partial charge in [-0.05, 0) is 43.8 Å². The summed E-state index contributed by atoms with van der Waals surface area (Å²) in [5.41, 5.74) is 6.87. The molecule has 1 amide bonds. The molecule has 2 aliphatic rings. The minimum atomic E-state index is -0.896. The molecule has 1 aromatic rings. The number of likely N-dealkylation sites (tertiary alicyclic amines) is 2. The summed E-state index contributed by atoms with van der Waals surface area (Å²) in [5, 5.41) is 9.40. The Morgan fingerprint density at radius 2 is 2.12 bits per heavy atom. The zero-order chi connectivity index (χ0) is 17.3. The molecule has 7 heteroatoms. The van der Waals surface area contributed by atoms with Gasteiger partial charge in [0.1, 0.15) is 11.9 Å². The van der Waals surface area contributed by atoms with Gasteiger partial charge in [0.25, 0.3) is 0 Å². The van der Waals surface area contributed by atoms with Crippen LogP contribution in [0.3, 0.4) is 0 Å². The summed E-state index contributed by atoms with van der Waals surface area (Å²) in [6.07, 6.45) is 4.05. The Kier molecular flexibility index (Phi) is 4.45. The molecule has 0 saturated carbocycles. The highest BCUT2D eigenvalue weighted by Crippen LogP contribution is 2.43. The fourth-order valence-electron chi connectivity index (χ4n) is 3.98. The molecule has 130 valence electrons. The number of carboxylic acids is 1. The number of amides is 1. The molecule has 0 bridgehead atoms. The van der Waals surface area contributed by atoms with Crippen LogP contribution >= 0.6 is 0 Å². The number of rotatable bonds is 3. The van der Waals surface area contributed by atoms with E-state index in [9.17, 15) is 14.7 Å². The van der Waals surface area contributed by atoms with Crippen molar-refractivity contribution in [2.24, 2.45) is 5.41 Å². The number of pyridine rings is 1. The zero-order valence-corrected chi connectivity index (χ0v) is 13.9. The zero-order valence-electron chi connectivity index (χ0n) is 13.9. The summed E-state index contributed by atoms with van der Waals surface area (Å²) >= 11 is 0. The molecule has 2 fully saturated rings.